The fourth-order valence-electron chi connectivity index (χ4n) is 0. The number of hydrogen-bond donors (Lipinski definition) is 2. The molecule has 0 aromatic carbocycles. The van der Waals surface area contributed by atoms with E-state index in [0.717, 1.165) is 0 Å². The largest absolute Gasteiger partial charge is 0.479 e. The Hall–Kier alpha value is 1.00. The fraction of sp³-hybridized carbons (Fsp3) is 0.667. The molecule has 4 heteroatoms. The van der Waals surface area contributed by atoms with Crippen LogP contribution in [0.1, 0.15) is 6.92 Å². The monoisotopic (exact) mass is 228 g/mol. The molecule has 0 amide bonds. The van der Waals surface area contributed by atoms with Gasteiger partial charge >= 0.3 is 5.97 Å². The molecule has 3 nitrogen and oxygen atoms in total. The van der Waals surface area contributed by atoms with Crippen LogP contribution in [-0.4, -0.2) is 71.2 Å². The van der Waals surface area contributed by atoms with E-state index >= 15 is 0 Å². The van der Waals surface area contributed by atoms with Crippen LogP contribution in [0.15, 0.2) is 0 Å². The Bertz CT molecular complexity index is 61.2. The number of hydrogen-bond acceptors (Lipinski definition) is 2. The van der Waals surface area contributed by atoms with Crippen molar-refractivity contribution in [3.8, 4) is 0 Å². The van der Waals surface area contributed by atoms with E-state index in [1.54, 1.807) is 0 Å². The molecule has 1 unspecified atom stereocenters. The quantitative estimate of drug-likeness (QED) is 0.569. The maximum absolute atomic E-state index is 9.45. The molecule has 0 heterocycles. The zero-order valence-electron chi connectivity index (χ0n) is 4.09. The van der Waals surface area contributed by atoms with Gasteiger partial charge in [0.2, 0.25) is 0 Å². The predicted octanol–water partition coefficient (Wildman–Crippen LogP) is -0.929. The summed E-state index contributed by atoms with van der Waals surface area (Å²) < 4.78 is 0. The zero-order valence-corrected chi connectivity index (χ0v) is 8.53. The zero-order chi connectivity index (χ0) is 5.15. The molecule has 1 atom stereocenters. The smallest absolute Gasteiger partial charge is 0.332 e. The summed E-state index contributed by atoms with van der Waals surface area (Å²) in [6.45, 7) is 1.20. The van der Waals surface area contributed by atoms with Gasteiger partial charge < -0.3 is 10.2 Å². The summed E-state index contributed by atoms with van der Waals surface area (Å²) >= 11 is 0. The average molecular weight is 227 g/mol. The van der Waals surface area contributed by atoms with Crippen LogP contribution in [0.2, 0.25) is 0 Å². The van der Waals surface area contributed by atoms with E-state index in [0.29, 0.717) is 0 Å². The topological polar surface area (TPSA) is 57.5 Å². The second kappa shape index (κ2) is 5.14. The minimum atomic E-state index is -1.23. The Morgan fingerprint density at radius 2 is 1.86 bits per heavy atom. The number of rotatable bonds is 1. The molecule has 2 radical (unpaired) electrons. The van der Waals surface area contributed by atoms with Crippen LogP contribution in [-0.2, 0) is 4.79 Å². The first kappa shape index (κ1) is 10.9. The fourth-order valence-corrected chi connectivity index (χ4v) is 0. The molecule has 0 bridgehead atoms. The number of aliphatic carboxylic acids is 1. The van der Waals surface area contributed by atoms with Gasteiger partial charge in [0, 0.05) is 48.9 Å². The molecule has 38 valence electrons. The van der Waals surface area contributed by atoms with E-state index in [9.17, 15) is 4.79 Å². The minimum absolute atomic E-state index is 0. The van der Waals surface area contributed by atoms with Gasteiger partial charge in [-0.15, -0.1) is 0 Å². The third-order valence-corrected chi connectivity index (χ3v) is 0.357. The number of carboxylic acid groups (broad SMARTS) is 1. The van der Waals surface area contributed by atoms with Crippen molar-refractivity contribution < 1.29 is 15.0 Å². The minimum Gasteiger partial charge on any atom is -0.479 e. The second-order valence-corrected chi connectivity index (χ2v) is 1.01. The molecule has 0 fully saturated rings. The van der Waals surface area contributed by atoms with E-state index in [1.165, 1.54) is 6.92 Å². The van der Waals surface area contributed by atoms with E-state index < -0.39 is 12.1 Å². The van der Waals surface area contributed by atoms with Gasteiger partial charge in [0.1, 0.15) is 6.10 Å². The molecular weight excluding hydrogens is 221 g/mol. The molecule has 0 saturated carbocycles. The first-order valence-electron chi connectivity index (χ1n) is 1.55. The van der Waals surface area contributed by atoms with Crippen LogP contribution in [0.5, 0.6) is 0 Å². The normalized spacial score (nSPS) is 11.7. The van der Waals surface area contributed by atoms with E-state index in [-0.39, 0.29) is 48.9 Å². The Kier molecular flexibility index (Phi) is 8.00. The molecule has 0 aliphatic carbocycles. The van der Waals surface area contributed by atoms with E-state index in [4.69, 9.17) is 10.2 Å². The number of carbonyl (C=O) groups is 1. The van der Waals surface area contributed by atoms with Gasteiger partial charge in [-0.2, -0.15) is 0 Å². The Labute approximate surface area is 81.8 Å². The summed E-state index contributed by atoms with van der Waals surface area (Å²) in [5.74, 6) is -1.19. The van der Waals surface area contributed by atoms with Crippen molar-refractivity contribution in [3.63, 3.8) is 0 Å². The molecule has 0 spiro atoms. The second-order valence-electron chi connectivity index (χ2n) is 1.01. The molecule has 0 aromatic heterocycles. The van der Waals surface area contributed by atoms with Gasteiger partial charge in [-0.05, 0) is 6.92 Å². The van der Waals surface area contributed by atoms with Gasteiger partial charge in [-0.25, -0.2) is 4.79 Å². The summed E-state index contributed by atoms with van der Waals surface area (Å²) in [7, 11) is 0. The number of aliphatic hydroxyl groups is 1. The average Bonchev–Trinajstić information content (AvgIpc) is 1.36. The van der Waals surface area contributed by atoms with Crippen LogP contribution in [0, 0.1) is 0 Å². The third-order valence-electron chi connectivity index (χ3n) is 0.357. The van der Waals surface area contributed by atoms with Crippen molar-refractivity contribution in [2.45, 2.75) is 13.0 Å². The summed E-state index contributed by atoms with van der Waals surface area (Å²) in [5, 5.41) is 15.8. The third kappa shape index (κ3) is 7.00. The van der Waals surface area contributed by atoms with Gasteiger partial charge in [-0.3, -0.25) is 0 Å². The van der Waals surface area contributed by atoms with Crippen molar-refractivity contribution in [2.75, 3.05) is 0 Å². The van der Waals surface area contributed by atoms with Gasteiger partial charge in [-0.1, -0.05) is 0 Å². The van der Waals surface area contributed by atoms with Crippen molar-refractivity contribution in [3.05, 3.63) is 0 Å². The SMILES string of the molecule is CC(O)C(=O)O.[Ba]. The summed E-state index contributed by atoms with van der Waals surface area (Å²) in [6.07, 6.45) is -1.23. The van der Waals surface area contributed by atoms with Gasteiger partial charge in [0.05, 0.1) is 0 Å². The molecule has 7 heavy (non-hydrogen) atoms. The molecule has 0 aliphatic heterocycles. The predicted molar refractivity (Wildman–Crippen MR) is 25.1 cm³/mol. The van der Waals surface area contributed by atoms with Crippen molar-refractivity contribution in [2.24, 2.45) is 0 Å². The van der Waals surface area contributed by atoms with E-state index in [2.05, 4.69) is 0 Å². The Balaban J connectivity index is 0. The maximum Gasteiger partial charge on any atom is 0.332 e. The first-order valence-corrected chi connectivity index (χ1v) is 1.55. The van der Waals surface area contributed by atoms with Gasteiger partial charge in [0.25, 0.3) is 0 Å². The Morgan fingerprint density at radius 1 is 1.71 bits per heavy atom. The van der Waals surface area contributed by atoms with Crippen molar-refractivity contribution in [1.29, 1.82) is 0 Å². The van der Waals surface area contributed by atoms with Crippen LogP contribution in [0.4, 0.5) is 0 Å². The van der Waals surface area contributed by atoms with Crippen molar-refractivity contribution in [1.82, 2.24) is 0 Å². The van der Waals surface area contributed by atoms with Crippen LogP contribution < -0.4 is 0 Å². The molecule has 0 saturated heterocycles. The first-order chi connectivity index (χ1) is 2.64. The van der Waals surface area contributed by atoms with Gasteiger partial charge in [0.15, 0.2) is 0 Å². The molecule has 0 aliphatic rings. The molecular formula is C3H6BaO3. The molecule has 0 rings (SSSR count). The molecule has 2 N–H and O–H groups in total. The maximum atomic E-state index is 9.45. The molecule has 0 aromatic rings. The number of carboxylic acids is 1. The van der Waals surface area contributed by atoms with Crippen LogP contribution in [0.3, 0.4) is 0 Å². The van der Waals surface area contributed by atoms with Crippen molar-refractivity contribution >= 4 is 54.9 Å². The Morgan fingerprint density at radius 3 is 1.86 bits per heavy atom. The summed E-state index contributed by atoms with van der Waals surface area (Å²) in [6, 6.07) is 0. The summed E-state index contributed by atoms with van der Waals surface area (Å²) in [5.41, 5.74) is 0. The summed E-state index contributed by atoms with van der Waals surface area (Å²) in [4.78, 5) is 9.45. The van der Waals surface area contributed by atoms with E-state index in [1.807, 2.05) is 0 Å². The van der Waals surface area contributed by atoms with Crippen LogP contribution >= 0.6 is 0 Å². The standard InChI is InChI=1S/C3H6O3.Ba/c1-2(4)3(5)6;/h2,4H,1H3,(H,5,6);. The number of aliphatic hydroxyl groups excluding tert-OH is 1. The van der Waals surface area contributed by atoms with Crippen LogP contribution in [0.25, 0.3) is 0 Å².